The van der Waals surface area contributed by atoms with E-state index in [9.17, 15) is 0 Å². The minimum atomic E-state index is -0.160. The van der Waals surface area contributed by atoms with Crippen LogP contribution in [0.1, 0.15) is 34.7 Å². The van der Waals surface area contributed by atoms with Gasteiger partial charge in [-0.2, -0.15) is 10.2 Å². The highest BCUT2D eigenvalue weighted by Gasteiger charge is 2.24. The number of hydrogen-bond donors (Lipinski definition) is 1. The largest absolute Gasteiger partial charge is 0.313 e. The molecule has 0 amide bonds. The maximum atomic E-state index is 15.1. The molecule has 0 spiro atoms. The third kappa shape index (κ3) is 3.17. The summed E-state index contributed by atoms with van der Waals surface area (Å²) in [5.74, 6) is -0.0863. The van der Waals surface area contributed by atoms with Crippen molar-refractivity contribution in [1.29, 1.82) is 0 Å². The lowest BCUT2D eigenvalue weighted by atomic mass is 9.85. The lowest BCUT2D eigenvalue weighted by molar-refractivity contribution is 0.586. The van der Waals surface area contributed by atoms with E-state index in [2.05, 4.69) is 27.6 Å². The molecule has 1 aliphatic heterocycles. The van der Waals surface area contributed by atoms with E-state index in [1.165, 1.54) is 0 Å². The molecular weight excluding hydrogens is 313 g/mol. The van der Waals surface area contributed by atoms with E-state index >= 15 is 4.39 Å². The molecule has 1 aromatic heterocycles. The van der Waals surface area contributed by atoms with Crippen LogP contribution in [-0.4, -0.2) is 16.7 Å². The first-order chi connectivity index (χ1) is 12.2. The van der Waals surface area contributed by atoms with Gasteiger partial charge in [-0.1, -0.05) is 30.3 Å². The van der Waals surface area contributed by atoms with Gasteiger partial charge in [0.25, 0.3) is 0 Å². The van der Waals surface area contributed by atoms with Crippen molar-refractivity contribution < 1.29 is 4.39 Å². The quantitative estimate of drug-likeness (QED) is 0.763. The van der Waals surface area contributed by atoms with Crippen LogP contribution in [0, 0.1) is 12.7 Å². The number of aryl methyl sites for hydroxylation is 1. The van der Waals surface area contributed by atoms with Gasteiger partial charge in [0.1, 0.15) is 5.82 Å². The topological polar surface area (TPSA) is 37.8 Å². The monoisotopic (exact) mass is 333 g/mol. The number of halogens is 1. The fourth-order valence-electron chi connectivity index (χ4n) is 3.54. The minimum Gasteiger partial charge on any atom is -0.313 e. The predicted octanol–water partition coefficient (Wildman–Crippen LogP) is 4.22. The first kappa shape index (κ1) is 15.9. The fourth-order valence-corrected chi connectivity index (χ4v) is 3.54. The Balaban J connectivity index is 1.82. The maximum absolute atomic E-state index is 15.1. The van der Waals surface area contributed by atoms with Gasteiger partial charge in [0, 0.05) is 18.0 Å². The highest BCUT2D eigenvalue weighted by Crippen LogP contribution is 2.36. The predicted molar refractivity (Wildman–Crippen MR) is 96.8 cm³/mol. The molecule has 2 heterocycles. The molecule has 0 saturated heterocycles. The molecule has 4 heteroatoms. The zero-order chi connectivity index (χ0) is 17.2. The second kappa shape index (κ2) is 6.73. The number of benzene rings is 2. The highest BCUT2D eigenvalue weighted by atomic mass is 19.1. The Morgan fingerprint density at radius 3 is 2.64 bits per heavy atom. The van der Waals surface area contributed by atoms with Crippen LogP contribution in [0.5, 0.6) is 0 Å². The normalized spacial score (nSPS) is 17.0. The first-order valence-electron chi connectivity index (χ1n) is 8.61. The lowest BCUT2D eigenvalue weighted by Gasteiger charge is -2.19. The van der Waals surface area contributed by atoms with Crippen molar-refractivity contribution in [2.45, 2.75) is 25.8 Å². The summed E-state index contributed by atoms with van der Waals surface area (Å²) in [6.07, 6.45) is 0.887. The van der Waals surface area contributed by atoms with Gasteiger partial charge >= 0.3 is 0 Å². The Kier molecular flexibility index (Phi) is 4.28. The van der Waals surface area contributed by atoms with Crippen LogP contribution in [0.4, 0.5) is 4.39 Å². The minimum absolute atomic E-state index is 0.0735. The molecule has 0 aliphatic carbocycles. The smallest absolute Gasteiger partial charge is 0.128 e. The van der Waals surface area contributed by atoms with E-state index in [1.54, 1.807) is 6.07 Å². The number of nitrogens with one attached hydrogen (secondary N) is 1. The molecule has 3 nitrogen and oxygen atoms in total. The Bertz CT molecular complexity index is 876. The zero-order valence-corrected chi connectivity index (χ0v) is 14.2. The molecule has 0 radical (unpaired) electrons. The third-order valence-corrected chi connectivity index (χ3v) is 4.78. The van der Waals surface area contributed by atoms with Crippen molar-refractivity contribution in [1.82, 2.24) is 15.5 Å². The summed E-state index contributed by atoms with van der Waals surface area (Å²) < 4.78 is 15.1. The number of aromatic nitrogens is 2. The maximum Gasteiger partial charge on any atom is 0.128 e. The summed E-state index contributed by atoms with van der Waals surface area (Å²) in [6, 6.07) is 17.6. The second-order valence-electron chi connectivity index (χ2n) is 6.52. The van der Waals surface area contributed by atoms with Crippen LogP contribution in [0.25, 0.3) is 11.3 Å². The van der Waals surface area contributed by atoms with Crippen LogP contribution >= 0.6 is 0 Å². The molecule has 1 unspecified atom stereocenters. The molecule has 1 atom stereocenters. The van der Waals surface area contributed by atoms with E-state index in [-0.39, 0.29) is 11.7 Å². The fraction of sp³-hybridized carbons (Fsp3) is 0.238. The summed E-state index contributed by atoms with van der Waals surface area (Å²) in [5, 5.41) is 11.7. The van der Waals surface area contributed by atoms with Gasteiger partial charge in [0.05, 0.1) is 11.4 Å². The summed E-state index contributed by atoms with van der Waals surface area (Å²) in [5.41, 5.74) is 5.30. The molecule has 25 heavy (non-hydrogen) atoms. The molecule has 1 aliphatic rings. The lowest BCUT2D eigenvalue weighted by Crippen LogP contribution is -2.12. The number of fused-ring (bicyclic) bond motifs is 1. The van der Waals surface area contributed by atoms with Gasteiger partial charge in [-0.05, 0) is 60.8 Å². The SMILES string of the molecule is Cc1ccc(-c2cc(F)c3c(c2)CNCCC3c2ccccc2)nn1. The third-order valence-electron chi connectivity index (χ3n) is 4.78. The van der Waals surface area contributed by atoms with Crippen LogP contribution in [0.2, 0.25) is 0 Å². The number of hydrogen-bond acceptors (Lipinski definition) is 3. The van der Waals surface area contributed by atoms with E-state index in [1.807, 2.05) is 43.3 Å². The number of nitrogens with zero attached hydrogens (tertiary/aromatic N) is 2. The summed E-state index contributed by atoms with van der Waals surface area (Å²) in [4.78, 5) is 0. The van der Waals surface area contributed by atoms with Crippen LogP contribution in [0.15, 0.2) is 54.6 Å². The van der Waals surface area contributed by atoms with Crippen molar-refractivity contribution in [3.05, 3.63) is 82.8 Å². The summed E-state index contributed by atoms with van der Waals surface area (Å²) in [6.45, 7) is 3.43. The van der Waals surface area contributed by atoms with Crippen molar-refractivity contribution in [3.63, 3.8) is 0 Å². The van der Waals surface area contributed by atoms with Crippen molar-refractivity contribution in [2.24, 2.45) is 0 Å². The van der Waals surface area contributed by atoms with Crippen molar-refractivity contribution in [3.8, 4) is 11.3 Å². The molecule has 0 saturated carbocycles. The van der Waals surface area contributed by atoms with Gasteiger partial charge in [0.2, 0.25) is 0 Å². The molecular formula is C21H20FN3. The molecule has 1 N–H and O–H groups in total. The molecule has 0 fully saturated rings. The van der Waals surface area contributed by atoms with Crippen molar-refractivity contribution in [2.75, 3.05) is 6.54 Å². The second-order valence-corrected chi connectivity index (χ2v) is 6.52. The van der Waals surface area contributed by atoms with E-state index in [0.717, 1.165) is 40.9 Å². The van der Waals surface area contributed by atoms with E-state index < -0.39 is 0 Å². The Morgan fingerprint density at radius 2 is 1.88 bits per heavy atom. The molecule has 0 bridgehead atoms. The average Bonchev–Trinajstić information content (AvgIpc) is 2.86. The summed E-state index contributed by atoms with van der Waals surface area (Å²) >= 11 is 0. The molecule has 126 valence electrons. The van der Waals surface area contributed by atoms with Gasteiger partial charge in [0.15, 0.2) is 0 Å². The Labute approximate surface area is 146 Å². The van der Waals surface area contributed by atoms with Crippen LogP contribution in [-0.2, 0) is 6.54 Å². The zero-order valence-electron chi connectivity index (χ0n) is 14.2. The standard InChI is InChI=1S/C21H20FN3/c1-14-7-8-20(25-24-14)16-11-17-13-23-10-9-18(21(17)19(22)12-16)15-5-3-2-4-6-15/h2-8,11-12,18,23H,9-10,13H2,1H3. The van der Waals surface area contributed by atoms with Crippen LogP contribution in [0.3, 0.4) is 0 Å². The van der Waals surface area contributed by atoms with E-state index in [0.29, 0.717) is 12.2 Å². The highest BCUT2D eigenvalue weighted by molar-refractivity contribution is 5.62. The van der Waals surface area contributed by atoms with Gasteiger partial charge < -0.3 is 5.32 Å². The molecule has 4 rings (SSSR count). The number of rotatable bonds is 2. The van der Waals surface area contributed by atoms with Crippen LogP contribution < -0.4 is 5.32 Å². The molecule has 3 aromatic rings. The Hall–Kier alpha value is -2.59. The van der Waals surface area contributed by atoms with E-state index in [4.69, 9.17) is 0 Å². The summed E-state index contributed by atoms with van der Waals surface area (Å²) in [7, 11) is 0. The molecule has 2 aromatic carbocycles. The first-order valence-corrected chi connectivity index (χ1v) is 8.61. The van der Waals surface area contributed by atoms with Gasteiger partial charge in [-0.3, -0.25) is 0 Å². The Morgan fingerprint density at radius 1 is 1.04 bits per heavy atom. The van der Waals surface area contributed by atoms with Crippen molar-refractivity contribution >= 4 is 0 Å². The average molecular weight is 333 g/mol. The van der Waals surface area contributed by atoms with Gasteiger partial charge in [-0.25, -0.2) is 4.39 Å². The van der Waals surface area contributed by atoms with Gasteiger partial charge in [-0.15, -0.1) is 0 Å².